The Hall–Kier alpha value is -3.21. The van der Waals surface area contributed by atoms with Crippen LogP contribution in [0.5, 0.6) is 11.5 Å². The second-order valence-electron chi connectivity index (χ2n) is 6.01. The van der Waals surface area contributed by atoms with E-state index < -0.39 is 0 Å². The molecule has 0 aliphatic carbocycles. The molecule has 140 valence electrons. The first-order valence-electron chi connectivity index (χ1n) is 8.78. The van der Waals surface area contributed by atoms with Gasteiger partial charge in [-0.05, 0) is 37.6 Å². The number of rotatable bonds is 6. The van der Waals surface area contributed by atoms with E-state index in [4.69, 9.17) is 14.2 Å². The minimum Gasteiger partial charge on any atom is -0.493 e. The molecule has 0 N–H and O–H groups in total. The number of methoxy groups -OCH3 is 2. The molecular weight excluding hydrogens is 342 g/mol. The van der Waals surface area contributed by atoms with Crippen LogP contribution in [0.1, 0.15) is 23.0 Å². The fourth-order valence-corrected chi connectivity index (χ4v) is 3.18. The highest BCUT2D eigenvalue weighted by Gasteiger charge is 2.22. The molecule has 0 unspecified atom stereocenters. The average Bonchev–Trinajstić information content (AvgIpc) is 3.05. The van der Waals surface area contributed by atoms with Crippen LogP contribution in [-0.4, -0.2) is 31.4 Å². The molecule has 0 aliphatic rings. The van der Waals surface area contributed by atoms with Crippen molar-refractivity contribution < 1.29 is 19.0 Å². The summed E-state index contributed by atoms with van der Waals surface area (Å²) < 4.78 is 18.1. The molecule has 0 fully saturated rings. The van der Waals surface area contributed by atoms with E-state index in [9.17, 15) is 4.79 Å². The maximum Gasteiger partial charge on any atom is 0.340 e. The molecule has 1 heterocycles. The smallest absolute Gasteiger partial charge is 0.340 e. The maximum absolute atomic E-state index is 12.6. The zero-order valence-electron chi connectivity index (χ0n) is 16.0. The summed E-state index contributed by atoms with van der Waals surface area (Å²) in [4.78, 5) is 12.6. The molecule has 5 nitrogen and oxygen atoms in total. The van der Waals surface area contributed by atoms with Crippen LogP contribution < -0.4 is 9.47 Å². The van der Waals surface area contributed by atoms with Gasteiger partial charge in [0.05, 0.1) is 32.1 Å². The Bertz CT molecular complexity index is 944. The molecule has 0 bridgehead atoms. The van der Waals surface area contributed by atoms with Crippen molar-refractivity contribution in [3.63, 3.8) is 0 Å². The van der Waals surface area contributed by atoms with E-state index in [0.717, 1.165) is 22.6 Å². The fraction of sp³-hybridized carbons (Fsp3) is 0.227. The lowest BCUT2D eigenvalue weighted by atomic mass is 10.1. The largest absolute Gasteiger partial charge is 0.493 e. The van der Waals surface area contributed by atoms with Crippen LogP contribution in [0, 0.1) is 6.92 Å². The van der Waals surface area contributed by atoms with Crippen molar-refractivity contribution in [1.29, 1.82) is 0 Å². The van der Waals surface area contributed by atoms with Crippen molar-refractivity contribution in [2.45, 2.75) is 13.8 Å². The molecule has 0 spiro atoms. The molecule has 0 aliphatic heterocycles. The molecule has 0 amide bonds. The van der Waals surface area contributed by atoms with Crippen molar-refractivity contribution in [3.8, 4) is 28.4 Å². The number of nitrogens with zero attached hydrogens (tertiary/aromatic N) is 1. The number of benzene rings is 2. The lowest BCUT2D eigenvalue weighted by Crippen LogP contribution is -2.07. The van der Waals surface area contributed by atoms with Gasteiger partial charge in [-0.25, -0.2) is 4.79 Å². The first-order valence-corrected chi connectivity index (χ1v) is 8.78. The van der Waals surface area contributed by atoms with Crippen LogP contribution in [-0.2, 0) is 4.74 Å². The first kappa shape index (κ1) is 18.6. The quantitative estimate of drug-likeness (QED) is 0.597. The second-order valence-corrected chi connectivity index (χ2v) is 6.01. The third kappa shape index (κ3) is 3.53. The van der Waals surface area contributed by atoms with Crippen LogP contribution in [0.3, 0.4) is 0 Å². The Morgan fingerprint density at radius 1 is 0.963 bits per heavy atom. The van der Waals surface area contributed by atoms with Crippen LogP contribution >= 0.6 is 0 Å². The van der Waals surface area contributed by atoms with Gasteiger partial charge >= 0.3 is 5.97 Å². The van der Waals surface area contributed by atoms with E-state index in [2.05, 4.69) is 0 Å². The minimum atomic E-state index is -0.335. The maximum atomic E-state index is 12.6. The van der Waals surface area contributed by atoms with Gasteiger partial charge in [-0.15, -0.1) is 0 Å². The molecule has 0 radical (unpaired) electrons. The summed E-state index contributed by atoms with van der Waals surface area (Å²) in [7, 11) is 3.21. The monoisotopic (exact) mass is 365 g/mol. The number of aromatic nitrogens is 1. The summed E-state index contributed by atoms with van der Waals surface area (Å²) in [6.45, 7) is 4.10. The summed E-state index contributed by atoms with van der Waals surface area (Å²) in [6.07, 6.45) is 0. The number of esters is 1. The van der Waals surface area contributed by atoms with E-state index in [0.29, 0.717) is 23.7 Å². The Kier molecular flexibility index (Phi) is 5.50. The molecule has 2 aromatic carbocycles. The summed E-state index contributed by atoms with van der Waals surface area (Å²) in [5.41, 5.74) is 4.06. The van der Waals surface area contributed by atoms with Gasteiger partial charge in [0.2, 0.25) is 0 Å². The molecule has 0 atom stereocenters. The Morgan fingerprint density at radius 2 is 1.67 bits per heavy atom. The highest BCUT2D eigenvalue weighted by molar-refractivity contribution is 5.97. The van der Waals surface area contributed by atoms with Crippen molar-refractivity contribution >= 4 is 5.97 Å². The van der Waals surface area contributed by atoms with E-state index >= 15 is 0 Å². The number of ether oxygens (including phenoxy) is 3. The fourth-order valence-electron chi connectivity index (χ4n) is 3.18. The number of hydrogen-bond acceptors (Lipinski definition) is 4. The van der Waals surface area contributed by atoms with E-state index in [1.54, 1.807) is 21.1 Å². The van der Waals surface area contributed by atoms with Gasteiger partial charge in [0, 0.05) is 17.4 Å². The highest BCUT2D eigenvalue weighted by Crippen LogP contribution is 2.35. The number of aryl methyl sites for hydroxylation is 1. The number of hydrogen-bond donors (Lipinski definition) is 0. The van der Waals surface area contributed by atoms with Crippen LogP contribution in [0.15, 0.2) is 54.6 Å². The van der Waals surface area contributed by atoms with Gasteiger partial charge < -0.3 is 18.8 Å². The standard InChI is InChI=1S/C22H23NO4/c1-5-27-22(24)18-13-15(2)23(21(18)16-9-7-6-8-10-16)17-11-12-19(25-3)20(14-17)26-4/h6-14H,5H2,1-4H3. The molecular formula is C22H23NO4. The summed E-state index contributed by atoms with van der Waals surface area (Å²) in [5.74, 6) is 0.941. The normalized spacial score (nSPS) is 10.5. The van der Waals surface area contributed by atoms with Gasteiger partial charge in [0.1, 0.15) is 0 Å². The van der Waals surface area contributed by atoms with Gasteiger partial charge in [0.25, 0.3) is 0 Å². The Labute approximate surface area is 159 Å². The Morgan fingerprint density at radius 3 is 2.30 bits per heavy atom. The van der Waals surface area contributed by atoms with Crippen LogP contribution in [0.2, 0.25) is 0 Å². The van der Waals surface area contributed by atoms with E-state index in [-0.39, 0.29) is 5.97 Å². The summed E-state index contributed by atoms with van der Waals surface area (Å²) in [6, 6.07) is 17.4. The number of carbonyl (C=O) groups excluding carboxylic acids is 1. The molecule has 0 saturated carbocycles. The van der Waals surface area contributed by atoms with Gasteiger partial charge in [-0.1, -0.05) is 30.3 Å². The van der Waals surface area contributed by atoms with Gasteiger partial charge in [-0.2, -0.15) is 0 Å². The van der Waals surface area contributed by atoms with Crippen molar-refractivity contribution in [2.24, 2.45) is 0 Å². The third-order valence-electron chi connectivity index (χ3n) is 4.35. The van der Waals surface area contributed by atoms with E-state index in [1.165, 1.54) is 0 Å². The molecule has 27 heavy (non-hydrogen) atoms. The SMILES string of the molecule is CCOC(=O)c1cc(C)n(-c2ccc(OC)c(OC)c2)c1-c1ccccc1. The summed E-state index contributed by atoms with van der Waals surface area (Å²) in [5, 5.41) is 0. The minimum absolute atomic E-state index is 0.327. The second kappa shape index (κ2) is 7.99. The van der Waals surface area contributed by atoms with Crippen molar-refractivity contribution in [2.75, 3.05) is 20.8 Å². The van der Waals surface area contributed by atoms with Crippen LogP contribution in [0.4, 0.5) is 0 Å². The predicted molar refractivity (Wildman–Crippen MR) is 105 cm³/mol. The zero-order chi connectivity index (χ0) is 19.4. The van der Waals surface area contributed by atoms with Crippen molar-refractivity contribution in [1.82, 2.24) is 4.57 Å². The van der Waals surface area contributed by atoms with Crippen LogP contribution in [0.25, 0.3) is 16.9 Å². The van der Waals surface area contributed by atoms with Gasteiger partial charge in [-0.3, -0.25) is 0 Å². The molecule has 3 rings (SSSR count). The first-order chi connectivity index (χ1) is 13.1. The molecule has 1 aromatic heterocycles. The van der Waals surface area contributed by atoms with Crippen molar-refractivity contribution in [3.05, 3.63) is 65.9 Å². The Balaban J connectivity index is 2.25. The molecule has 5 heteroatoms. The zero-order valence-corrected chi connectivity index (χ0v) is 16.0. The third-order valence-corrected chi connectivity index (χ3v) is 4.35. The van der Waals surface area contributed by atoms with E-state index in [1.807, 2.05) is 66.1 Å². The van der Waals surface area contributed by atoms with Gasteiger partial charge in [0.15, 0.2) is 11.5 Å². The highest BCUT2D eigenvalue weighted by atomic mass is 16.5. The average molecular weight is 365 g/mol. The molecule has 3 aromatic rings. The lowest BCUT2D eigenvalue weighted by Gasteiger charge is -2.16. The topological polar surface area (TPSA) is 49.7 Å². The lowest BCUT2D eigenvalue weighted by molar-refractivity contribution is 0.0527. The summed E-state index contributed by atoms with van der Waals surface area (Å²) >= 11 is 0. The number of carbonyl (C=O) groups is 1. The predicted octanol–water partition coefficient (Wildman–Crippen LogP) is 4.65. The molecule has 0 saturated heterocycles.